The smallest absolute Gasteiger partial charge is 0.224 e. The average Bonchev–Trinajstić information content (AvgIpc) is 2.46. The fraction of sp³-hybridized carbons (Fsp3) is 0.533. The molecule has 104 valence electrons. The summed E-state index contributed by atoms with van der Waals surface area (Å²) in [7, 11) is 0. The average molecular weight is 263 g/mol. The molecular weight excluding hydrogens is 242 g/mol. The van der Waals surface area contributed by atoms with Gasteiger partial charge >= 0.3 is 0 Å². The highest BCUT2D eigenvalue weighted by molar-refractivity contribution is 5.90. The Morgan fingerprint density at radius 3 is 3.05 bits per heavy atom. The Labute approximate surface area is 113 Å². The van der Waals surface area contributed by atoms with E-state index in [0.29, 0.717) is 6.42 Å². The van der Waals surface area contributed by atoms with E-state index >= 15 is 0 Å². The number of rotatable bonds is 5. The number of hydrogen-bond acceptors (Lipinski definition) is 3. The number of aliphatic hydroxyl groups is 1. The summed E-state index contributed by atoms with van der Waals surface area (Å²) in [5, 5.41) is 11.9. The van der Waals surface area contributed by atoms with Crippen molar-refractivity contribution in [3.8, 4) is 0 Å². The van der Waals surface area contributed by atoms with Gasteiger partial charge in [-0.3, -0.25) is 4.79 Å². The minimum atomic E-state index is -0.0143. The molecule has 0 radical (unpaired) electrons. The molecule has 1 atom stereocenters. The molecule has 0 aromatic heterocycles. The number of anilines is 1. The van der Waals surface area contributed by atoms with Crippen molar-refractivity contribution in [1.82, 2.24) is 0 Å². The van der Waals surface area contributed by atoms with Crippen LogP contribution in [0.2, 0.25) is 0 Å². The van der Waals surface area contributed by atoms with Crippen molar-refractivity contribution in [1.29, 1.82) is 0 Å². The summed E-state index contributed by atoms with van der Waals surface area (Å²) in [6.07, 6.45) is 4.90. The van der Waals surface area contributed by atoms with Crippen LogP contribution in [-0.4, -0.2) is 23.7 Å². The van der Waals surface area contributed by atoms with Crippen LogP contribution in [0.25, 0.3) is 0 Å². The number of amides is 1. The molecule has 4 nitrogen and oxygen atoms in total. The lowest BCUT2D eigenvalue weighted by atomic mass is 10.0. The van der Waals surface area contributed by atoms with E-state index in [4.69, 9.17) is 9.84 Å². The topological polar surface area (TPSA) is 58.6 Å². The van der Waals surface area contributed by atoms with Crippen molar-refractivity contribution in [3.05, 3.63) is 29.8 Å². The van der Waals surface area contributed by atoms with Gasteiger partial charge in [-0.25, -0.2) is 0 Å². The SMILES string of the molecule is O=C(CCC1CCCCO1)Nc1cccc(CO)c1. The van der Waals surface area contributed by atoms with E-state index < -0.39 is 0 Å². The zero-order valence-corrected chi connectivity index (χ0v) is 11.1. The predicted octanol–water partition coefficient (Wildman–Crippen LogP) is 2.47. The molecule has 1 aliphatic heterocycles. The van der Waals surface area contributed by atoms with Crippen molar-refractivity contribution in [2.24, 2.45) is 0 Å². The first-order chi connectivity index (χ1) is 9.28. The Kier molecular flexibility index (Phi) is 5.36. The van der Waals surface area contributed by atoms with Crippen LogP contribution in [0.15, 0.2) is 24.3 Å². The maximum absolute atomic E-state index is 11.8. The van der Waals surface area contributed by atoms with Gasteiger partial charge in [-0.05, 0) is 43.4 Å². The second-order valence-electron chi connectivity index (χ2n) is 4.93. The van der Waals surface area contributed by atoms with Crippen molar-refractivity contribution in [2.75, 3.05) is 11.9 Å². The number of ether oxygens (including phenoxy) is 1. The molecule has 1 aromatic carbocycles. The van der Waals surface area contributed by atoms with E-state index in [0.717, 1.165) is 37.1 Å². The standard InChI is InChI=1S/C15H21NO3/c17-11-12-4-3-5-13(10-12)16-15(18)8-7-14-6-1-2-9-19-14/h3-5,10,14,17H,1-2,6-9,11H2,(H,16,18). The molecule has 1 fully saturated rings. The molecule has 1 heterocycles. The van der Waals surface area contributed by atoms with Gasteiger partial charge < -0.3 is 15.2 Å². The minimum absolute atomic E-state index is 0.00395. The van der Waals surface area contributed by atoms with E-state index in [1.807, 2.05) is 18.2 Å². The number of aliphatic hydroxyl groups excluding tert-OH is 1. The number of hydrogen-bond donors (Lipinski definition) is 2. The summed E-state index contributed by atoms with van der Waals surface area (Å²) in [6, 6.07) is 7.26. The molecule has 0 saturated carbocycles. The molecule has 0 bridgehead atoms. The van der Waals surface area contributed by atoms with Gasteiger partial charge in [0.25, 0.3) is 0 Å². The van der Waals surface area contributed by atoms with E-state index in [-0.39, 0.29) is 18.6 Å². The molecule has 19 heavy (non-hydrogen) atoms. The Bertz CT molecular complexity index is 414. The lowest BCUT2D eigenvalue weighted by Crippen LogP contribution is -2.21. The van der Waals surface area contributed by atoms with Gasteiger partial charge in [0.2, 0.25) is 5.91 Å². The second kappa shape index (κ2) is 7.26. The summed E-state index contributed by atoms with van der Waals surface area (Å²) >= 11 is 0. The maximum atomic E-state index is 11.8. The molecule has 2 N–H and O–H groups in total. The van der Waals surface area contributed by atoms with Gasteiger partial charge in [-0.2, -0.15) is 0 Å². The van der Waals surface area contributed by atoms with Gasteiger partial charge in [-0.1, -0.05) is 12.1 Å². The Morgan fingerprint density at radius 2 is 2.32 bits per heavy atom. The third-order valence-electron chi connectivity index (χ3n) is 3.36. The maximum Gasteiger partial charge on any atom is 0.224 e. The molecule has 0 aliphatic carbocycles. The van der Waals surface area contributed by atoms with Crippen LogP contribution in [0.1, 0.15) is 37.7 Å². The first-order valence-corrected chi connectivity index (χ1v) is 6.89. The zero-order valence-electron chi connectivity index (χ0n) is 11.1. The van der Waals surface area contributed by atoms with Crippen LogP contribution in [0.5, 0.6) is 0 Å². The first kappa shape index (κ1) is 14.0. The molecule has 4 heteroatoms. The summed E-state index contributed by atoms with van der Waals surface area (Å²) in [5.74, 6) is 0.00395. The first-order valence-electron chi connectivity index (χ1n) is 6.89. The minimum Gasteiger partial charge on any atom is -0.392 e. The lowest BCUT2D eigenvalue weighted by Gasteiger charge is -2.22. The predicted molar refractivity (Wildman–Crippen MR) is 73.8 cm³/mol. The third-order valence-corrected chi connectivity index (χ3v) is 3.36. The van der Waals surface area contributed by atoms with Gasteiger partial charge in [0.15, 0.2) is 0 Å². The molecule has 0 spiro atoms. The van der Waals surface area contributed by atoms with Crippen molar-refractivity contribution >= 4 is 11.6 Å². The molecule has 1 aliphatic rings. The fourth-order valence-electron chi connectivity index (χ4n) is 2.30. The normalized spacial score (nSPS) is 19.1. The molecular formula is C15H21NO3. The van der Waals surface area contributed by atoms with Crippen LogP contribution >= 0.6 is 0 Å². The van der Waals surface area contributed by atoms with Gasteiger partial charge in [0.1, 0.15) is 0 Å². The summed E-state index contributed by atoms with van der Waals surface area (Å²) < 4.78 is 5.60. The van der Waals surface area contributed by atoms with Crippen molar-refractivity contribution in [2.45, 2.75) is 44.8 Å². The second-order valence-corrected chi connectivity index (χ2v) is 4.93. The van der Waals surface area contributed by atoms with E-state index in [2.05, 4.69) is 5.32 Å². The number of nitrogens with one attached hydrogen (secondary N) is 1. The zero-order chi connectivity index (χ0) is 13.5. The quantitative estimate of drug-likeness (QED) is 0.858. The van der Waals surface area contributed by atoms with E-state index in [1.165, 1.54) is 6.42 Å². The van der Waals surface area contributed by atoms with Crippen LogP contribution in [0, 0.1) is 0 Å². The molecule has 1 saturated heterocycles. The highest BCUT2D eigenvalue weighted by atomic mass is 16.5. The molecule has 1 amide bonds. The van der Waals surface area contributed by atoms with E-state index in [1.54, 1.807) is 6.07 Å². The van der Waals surface area contributed by atoms with Crippen LogP contribution < -0.4 is 5.32 Å². The largest absolute Gasteiger partial charge is 0.392 e. The summed E-state index contributed by atoms with van der Waals surface area (Å²) in [6.45, 7) is 0.810. The Morgan fingerprint density at radius 1 is 1.42 bits per heavy atom. The highest BCUT2D eigenvalue weighted by Gasteiger charge is 2.15. The van der Waals surface area contributed by atoms with Crippen molar-refractivity contribution < 1.29 is 14.6 Å². The Hall–Kier alpha value is -1.39. The van der Waals surface area contributed by atoms with Gasteiger partial charge in [-0.15, -0.1) is 0 Å². The van der Waals surface area contributed by atoms with E-state index in [9.17, 15) is 4.79 Å². The fourth-order valence-corrected chi connectivity index (χ4v) is 2.30. The molecule has 1 unspecified atom stereocenters. The van der Waals surface area contributed by atoms with Crippen LogP contribution in [-0.2, 0) is 16.1 Å². The number of benzene rings is 1. The highest BCUT2D eigenvalue weighted by Crippen LogP contribution is 2.17. The van der Waals surface area contributed by atoms with Crippen LogP contribution in [0.4, 0.5) is 5.69 Å². The molecule has 2 rings (SSSR count). The lowest BCUT2D eigenvalue weighted by molar-refractivity contribution is -0.117. The van der Waals surface area contributed by atoms with Gasteiger partial charge in [0.05, 0.1) is 12.7 Å². The summed E-state index contributed by atoms with van der Waals surface area (Å²) in [4.78, 5) is 11.8. The van der Waals surface area contributed by atoms with Crippen molar-refractivity contribution in [3.63, 3.8) is 0 Å². The Balaban J connectivity index is 1.76. The summed E-state index contributed by atoms with van der Waals surface area (Å²) in [5.41, 5.74) is 1.54. The number of carbonyl (C=O) groups is 1. The number of carbonyl (C=O) groups excluding carboxylic acids is 1. The monoisotopic (exact) mass is 263 g/mol. The van der Waals surface area contributed by atoms with Crippen LogP contribution in [0.3, 0.4) is 0 Å². The van der Waals surface area contributed by atoms with Gasteiger partial charge in [0, 0.05) is 18.7 Å². The molecule has 1 aromatic rings. The third kappa shape index (κ3) is 4.65.